The molecule has 3 aromatic rings. The van der Waals surface area contributed by atoms with Gasteiger partial charge in [0.25, 0.3) is 0 Å². The molecular formula is C14H15N5. The number of imidazole rings is 1. The third-order valence-electron chi connectivity index (χ3n) is 3.22. The molecule has 96 valence electrons. The summed E-state index contributed by atoms with van der Waals surface area (Å²) >= 11 is 0. The quantitative estimate of drug-likeness (QED) is 0.774. The second kappa shape index (κ2) is 4.78. The largest absolute Gasteiger partial charge is 0.334 e. The van der Waals surface area contributed by atoms with Crippen molar-refractivity contribution in [1.29, 1.82) is 0 Å². The molecular weight excluding hydrogens is 238 g/mol. The number of hydrogen-bond donors (Lipinski definition) is 1. The fourth-order valence-electron chi connectivity index (χ4n) is 2.19. The SMILES string of the molecule is CCn1ccnc1C(N)c1ccc2nccnc2c1. The van der Waals surface area contributed by atoms with Crippen molar-refractivity contribution in [2.24, 2.45) is 5.73 Å². The van der Waals surface area contributed by atoms with Crippen molar-refractivity contribution in [3.05, 3.63) is 54.4 Å². The summed E-state index contributed by atoms with van der Waals surface area (Å²) in [6.45, 7) is 2.93. The van der Waals surface area contributed by atoms with Crippen LogP contribution in [0.25, 0.3) is 11.0 Å². The highest BCUT2D eigenvalue weighted by molar-refractivity contribution is 5.74. The molecule has 2 heterocycles. The Hall–Kier alpha value is -2.27. The van der Waals surface area contributed by atoms with E-state index >= 15 is 0 Å². The number of nitrogens with zero attached hydrogens (tertiary/aromatic N) is 4. The zero-order valence-electron chi connectivity index (χ0n) is 10.7. The summed E-state index contributed by atoms with van der Waals surface area (Å²) in [5.74, 6) is 0.866. The number of fused-ring (bicyclic) bond motifs is 1. The van der Waals surface area contributed by atoms with E-state index in [2.05, 4.69) is 21.9 Å². The molecule has 0 fully saturated rings. The fourth-order valence-corrected chi connectivity index (χ4v) is 2.19. The Morgan fingerprint density at radius 3 is 2.68 bits per heavy atom. The lowest BCUT2D eigenvalue weighted by Crippen LogP contribution is -2.17. The molecule has 0 aliphatic carbocycles. The molecule has 5 heteroatoms. The summed E-state index contributed by atoms with van der Waals surface area (Å²) in [6.07, 6.45) is 7.09. The average Bonchev–Trinajstić information content (AvgIpc) is 2.94. The molecule has 2 aromatic heterocycles. The van der Waals surface area contributed by atoms with Crippen molar-refractivity contribution in [2.45, 2.75) is 19.5 Å². The minimum absolute atomic E-state index is 0.249. The molecule has 0 amide bonds. The molecule has 0 saturated carbocycles. The molecule has 1 aromatic carbocycles. The van der Waals surface area contributed by atoms with Crippen molar-refractivity contribution in [2.75, 3.05) is 0 Å². The summed E-state index contributed by atoms with van der Waals surface area (Å²) < 4.78 is 2.05. The van der Waals surface area contributed by atoms with Crippen LogP contribution in [0.5, 0.6) is 0 Å². The van der Waals surface area contributed by atoms with Crippen LogP contribution < -0.4 is 5.73 Å². The number of rotatable bonds is 3. The van der Waals surface area contributed by atoms with Gasteiger partial charge in [0, 0.05) is 31.3 Å². The first-order valence-corrected chi connectivity index (χ1v) is 6.27. The number of aryl methyl sites for hydroxylation is 1. The monoisotopic (exact) mass is 253 g/mol. The molecule has 3 rings (SSSR count). The van der Waals surface area contributed by atoms with Crippen molar-refractivity contribution < 1.29 is 0 Å². The van der Waals surface area contributed by atoms with E-state index in [1.165, 1.54) is 0 Å². The maximum atomic E-state index is 6.30. The van der Waals surface area contributed by atoms with Gasteiger partial charge < -0.3 is 10.3 Å². The van der Waals surface area contributed by atoms with Crippen LogP contribution in [-0.4, -0.2) is 19.5 Å². The minimum atomic E-state index is -0.249. The van der Waals surface area contributed by atoms with Gasteiger partial charge in [-0.2, -0.15) is 0 Å². The third-order valence-corrected chi connectivity index (χ3v) is 3.22. The van der Waals surface area contributed by atoms with Crippen molar-refractivity contribution in [3.8, 4) is 0 Å². The summed E-state index contributed by atoms with van der Waals surface area (Å²) in [6, 6.07) is 5.65. The van der Waals surface area contributed by atoms with Crippen molar-refractivity contribution in [1.82, 2.24) is 19.5 Å². The molecule has 0 spiro atoms. The lowest BCUT2D eigenvalue weighted by atomic mass is 10.1. The van der Waals surface area contributed by atoms with E-state index in [1.807, 2.05) is 29.0 Å². The normalized spacial score (nSPS) is 12.7. The Morgan fingerprint density at radius 2 is 1.89 bits per heavy atom. The predicted molar refractivity (Wildman–Crippen MR) is 73.5 cm³/mol. The minimum Gasteiger partial charge on any atom is -0.334 e. The molecule has 0 radical (unpaired) electrons. The van der Waals surface area contributed by atoms with E-state index in [1.54, 1.807) is 18.6 Å². The van der Waals surface area contributed by atoms with Crippen LogP contribution in [0.15, 0.2) is 43.0 Å². The number of hydrogen-bond acceptors (Lipinski definition) is 4. The Bertz CT molecular complexity index is 704. The van der Waals surface area contributed by atoms with E-state index in [9.17, 15) is 0 Å². The standard InChI is InChI=1S/C14H15N5/c1-2-19-8-7-18-14(19)13(15)10-3-4-11-12(9-10)17-6-5-16-11/h3-9,13H,2,15H2,1H3. The number of benzene rings is 1. The van der Waals surface area contributed by atoms with E-state index in [-0.39, 0.29) is 6.04 Å². The summed E-state index contributed by atoms with van der Waals surface area (Å²) in [5, 5.41) is 0. The van der Waals surface area contributed by atoms with Gasteiger partial charge in [-0.05, 0) is 24.6 Å². The Morgan fingerprint density at radius 1 is 1.11 bits per heavy atom. The van der Waals surface area contributed by atoms with E-state index in [4.69, 9.17) is 5.73 Å². The molecule has 19 heavy (non-hydrogen) atoms. The summed E-state index contributed by atoms with van der Waals surface area (Å²) in [5.41, 5.74) is 9.02. The van der Waals surface area contributed by atoms with Crippen LogP contribution >= 0.6 is 0 Å². The fraction of sp³-hybridized carbons (Fsp3) is 0.214. The molecule has 0 bridgehead atoms. The van der Waals surface area contributed by atoms with Gasteiger partial charge in [-0.15, -0.1) is 0 Å². The van der Waals surface area contributed by atoms with E-state index < -0.39 is 0 Å². The Balaban J connectivity index is 2.04. The first-order valence-electron chi connectivity index (χ1n) is 6.27. The number of nitrogens with two attached hydrogens (primary N) is 1. The van der Waals surface area contributed by atoms with Crippen LogP contribution in [0.4, 0.5) is 0 Å². The Labute approximate surface area is 111 Å². The average molecular weight is 253 g/mol. The number of aromatic nitrogens is 4. The lowest BCUT2D eigenvalue weighted by molar-refractivity contribution is 0.657. The zero-order valence-corrected chi connectivity index (χ0v) is 10.7. The smallest absolute Gasteiger partial charge is 0.130 e. The molecule has 5 nitrogen and oxygen atoms in total. The van der Waals surface area contributed by atoms with Crippen molar-refractivity contribution in [3.63, 3.8) is 0 Å². The lowest BCUT2D eigenvalue weighted by Gasteiger charge is -2.13. The highest BCUT2D eigenvalue weighted by Gasteiger charge is 2.14. The zero-order chi connectivity index (χ0) is 13.2. The Kier molecular flexibility index (Phi) is 2.97. The van der Waals surface area contributed by atoms with Gasteiger partial charge in [-0.3, -0.25) is 9.97 Å². The van der Waals surface area contributed by atoms with Crippen LogP contribution in [-0.2, 0) is 6.54 Å². The van der Waals surface area contributed by atoms with E-state index in [0.29, 0.717) is 0 Å². The maximum absolute atomic E-state index is 6.30. The van der Waals surface area contributed by atoms with Gasteiger partial charge in [0.2, 0.25) is 0 Å². The highest BCUT2D eigenvalue weighted by Crippen LogP contribution is 2.21. The molecule has 2 N–H and O–H groups in total. The first-order chi connectivity index (χ1) is 9.29. The second-order valence-electron chi connectivity index (χ2n) is 4.35. The summed E-state index contributed by atoms with van der Waals surface area (Å²) in [4.78, 5) is 12.9. The van der Waals surface area contributed by atoms with E-state index in [0.717, 1.165) is 29.0 Å². The topological polar surface area (TPSA) is 69.6 Å². The highest BCUT2D eigenvalue weighted by atomic mass is 15.1. The van der Waals surface area contributed by atoms with Gasteiger partial charge in [0.05, 0.1) is 17.1 Å². The van der Waals surface area contributed by atoms with Crippen LogP contribution in [0.2, 0.25) is 0 Å². The van der Waals surface area contributed by atoms with Gasteiger partial charge in [0.1, 0.15) is 5.82 Å². The van der Waals surface area contributed by atoms with Gasteiger partial charge in [-0.1, -0.05) is 6.07 Å². The van der Waals surface area contributed by atoms with Gasteiger partial charge in [0.15, 0.2) is 0 Å². The molecule has 0 aliphatic heterocycles. The second-order valence-corrected chi connectivity index (χ2v) is 4.35. The summed E-state index contributed by atoms with van der Waals surface area (Å²) in [7, 11) is 0. The predicted octanol–water partition coefficient (Wildman–Crippen LogP) is 1.89. The van der Waals surface area contributed by atoms with Crippen LogP contribution in [0.3, 0.4) is 0 Å². The maximum Gasteiger partial charge on any atom is 0.130 e. The van der Waals surface area contributed by atoms with Crippen LogP contribution in [0.1, 0.15) is 24.4 Å². The molecule has 1 unspecified atom stereocenters. The van der Waals surface area contributed by atoms with Crippen molar-refractivity contribution >= 4 is 11.0 Å². The van der Waals surface area contributed by atoms with Gasteiger partial charge >= 0.3 is 0 Å². The van der Waals surface area contributed by atoms with Gasteiger partial charge in [-0.25, -0.2) is 4.98 Å². The first kappa shape index (κ1) is 11.8. The molecule has 0 aliphatic rings. The van der Waals surface area contributed by atoms with Crippen LogP contribution in [0, 0.1) is 0 Å². The molecule has 1 atom stereocenters. The molecule has 0 saturated heterocycles. The third kappa shape index (κ3) is 2.08.